The van der Waals surface area contributed by atoms with E-state index in [0.29, 0.717) is 19.0 Å². The number of carbonyl (C=O) groups is 1. The molecule has 0 aliphatic heterocycles. The lowest BCUT2D eigenvalue weighted by molar-refractivity contribution is 0.173. The zero-order chi connectivity index (χ0) is 15.6. The van der Waals surface area contributed by atoms with E-state index < -0.39 is 6.10 Å². The fourth-order valence-electron chi connectivity index (χ4n) is 1.79. The van der Waals surface area contributed by atoms with Gasteiger partial charge in [0, 0.05) is 32.0 Å². The molecular formula is C15H19N5O2. The van der Waals surface area contributed by atoms with Crippen molar-refractivity contribution in [2.75, 3.05) is 25.0 Å². The highest BCUT2D eigenvalue weighted by Gasteiger charge is 2.08. The number of aliphatic hydroxyl groups is 1. The normalized spacial score (nSPS) is 11.5. The summed E-state index contributed by atoms with van der Waals surface area (Å²) < 4.78 is 0. The first-order chi connectivity index (χ1) is 10.8. The molecule has 1 aromatic heterocycles. The summed E-state index contributed by atoms with van der Waals surface area (Å²) in [4.78, 5) is 19.6. The summed E-state index contributed by atoms with van der Waals surface area (Å²) in [5.41, 5.74) is 0.769. The van der Waals surface area contributed by atoms with Gasteiger partial charge in [0.05, 0.1) is 6.10 Å². The molecule has 0 radical (unpaired) electrons. The van der Waals surface area contributed by atoms with Gasteiger partial charge in [-0.15, -0.1) is 0 Å². The lowest BCUT2D eigenvalue weighted by Gasteiger charge is -2.13. The summed E-state index contributed by atoms with van der Waals surface area (Å²) in [6.45, 7) is 1.09. The van der Waals surface area contributed by atoms with Crippen LogP contribution in [0.3, 0.4) is 0 Å². The Balaban J connectivity index is 1.60. The molecule has 2 aromatic rings. The van der Waals surface area contributed by atoms with Gasteiger partial charge in [0.15, 0.2) is 0 Å². The van der Waals surface area contributed by atoms with E-state index in [4.69, 9.17) is 0 Å². The molecule has 22 heavy (non-hydrogen) atoms. The molecule has 1 atom stereocenters. The number of aliphatic hydroxyl groups excluding tert-OH is 1. The first kappa shape index (κ1) is 15.7. The van der Waals surface area contributed by atoms with E-state index in [-0.39, 0.29) is 12.6 Å². The predicted molar refractivity (Wildman–Crippen MR) is 83.3 cm³/mol. The number of rotatable bonds is 7. The van der Waals surface area contributed by atoms with Crippen LogP contribution in [0.2, 0.25) is 0 Å². The van der Waals surface area contributed by atoms with Crippen LogP contribution in [0.5, 0.6) is 0 Å². The van der Waals surface area contributed by atoms with Crippen LogP contribution in [-0.4, -0.2) is 40.7 Å². The van der Waals surface area contributed by atoms with Crippen LogP contribution in [0, 0.1) is 0 Å². The van der Waals surface area contributed by atoms with Crippen molar-refractivity contribution in [1.29, 1.82) is 0 Å². The second kappa shape index (κ2) is 8.58. The third-order valence-electron chi connectivity index (χ3n) is 2.90. The lowest BCUT2D eigenvalue weighted by Crippen LogP contribution is -2.39. The number of anilines is 1. The molecule has 0 aliphatic carbocycles. The average molecular weight is 301 g/mol. The first-order valence-electron chi connectivity index (χ1n) is 7.01. The fourth-order valence-corrected chi connectivity index (χ4v) is 1.79. The number of benzene rings is 1. The Labute approximate surface area is 128 Å². The number of urea groups is 1. The molecule has 0 saturated heterocycles. The monoisotopic (exact) mass is 301 g/mol. The molecular weight excluding hydrogens is 282 g/mol. The van der Waals surface area contributed by atoms with Crippen molar-refractivity contribution in [1.82, 2.24) is 20.6 Å². The molecule has 0 spiro atoms. The van der Waals surface area contributed by atoms with Gasteiger partial charge in [-0.25, -0.2) is 14.8 Å². The summed E-state index contributed by atoms with van der Waals surface area (Å²) in [6, 6.07) is 10.6. The highest BCUT2D eigenvalue weighted by Crippen LogP contribution is 2.10. The van der Waals surface area contributed by atoms with E-state index in [2.05, 4.69) is 25.9 Å². The molecule has 7 nitrogen and oxygen atoms in total. The minimum Gasteiger partial charge on any atom is -0.387 e. The van der Waals surface area contributed by atoms with Crippen molar-refractivity contribution >= 4 is 12.0 Å². The molecule has 116 valence electrons. The fraction of sp³-hybridized carbons (Fsp3) is 0.267. The molecule has 7 heteroatoms. The summed E-state index contributed by atoms with van der Waals surface area (Å²) in [5, 5.41) is 18.2. The molecule has 0 aliphatic rings. The zero-order valence-electron chi connectivity index (χ0n) is 12.1. The van der Waals surface area contributed by atoms with Crippen LogP contribution in [-0.2, 0) is 0 Å². The molecule has 1 heterocycles. The summed E-state index contributed by atoms with van der Waals surface area (Å²) in [7, 11) is 0. The Morgan fingerprint density at radius 3 is 2.50 bits per heavy atom. The largest absolute Gasteiger partial charge is 0.387 e. The maximum Gasteiger partial charge on any atom is 0.314 e. The van der Waals surface area contributed by atoms with Gasteiger partial charge < -0.3 is 21.1 Å². The number of hydrogen-bond acceptors (Lipinski definition) is 5. The minimum absolute atomic E-state index is 0.158. The van der Waals surface area contributed by atoms with E-state index in [1.807, 2.05) is 30.3 Å². The third-order valence-corrected chi connectivity index (χ3v) is 2.90. The second-order valence-corrected chi connectivity index (χ2v) is 4.56. The van der Waals surface area contributed by atoms with Gasteiger partial charge in [0.25, 0.3) is 0 Å². The van der Waals surface area contributed by atoms with E-state index in [0.717, 1.165) is 5.56 Å². The first-order valence-corrected chi connectivity index (χ1v) is 7.01. The highest BCUT2D eigenvalue weighted by atomic mass is 16.3. The molecule has 0 unspecified atom stereocenters. The van der Waals surface area contributed by atoms with Crippen molar-refractivity contribution in [2.24, 2.45) is 0 Å². The van der Waals surface area contributed by atoms with Crippen LogP contribution >= 0.6 is 0 Å². The minimum atomic E-state index is -0.720. The van der Waals surface area contributed by atoms with Gasteiger partial charge in [-0.2, -0.15) is 0 Å². The summed E-state index contributed by atoms with van der Waals surface area (Å²) in [6.07, 6.45) is 2.56. The van der Waals surface area contributed by atoms with Crippen molar-refractivity contribution < 1.29 is 9.90 Å². The second-order valence-electron chi connectivity index (χ2n) is 4.56. The SMILES string of the molecule is O=C(NCCNc1ncccn1)NC[C@H](O)c1ccccc1. The zero-order valence-corrected chi connectivity index (χ0v) is 12.1. The molecule has 0 bridgehead atoms. The van der Waals surface area contributed by atoms with Crippen LogP contribution in [0.4, 0.5) is 10.7 Å². The number of aromatic nitrogens is 2. The lowest BCUT2D eigenvalue weighted by atomic mass is 10.1. The van der Waals surface area contributed by atoms with E-state index in [1.165, 1.54) is 0 Å². The van der Waals surface area contributed by atoms with Crippen molar-refractivity contribution in [3.63, 3.8) is 0 Å². The maximum atomic E-state index is 11.6. The van der Waals surface area contributed by atoms with E-state index in [9.17, 15) is 9.90 Å². The maximum absolute atomic E-state index is 11.6. The van der Waals surface area contributed by atoms with Gasteiger partial charge >= 0.3 is 6.03 Å². The van der Waals surface area contributed by atoms with Crippen LogP contribution in [0.25, 0.3) is 0 Å². The highest BCUT2D eigenvalue weighted by molar-refractivity contribution is 5.73. The van der Waals surface area contributed by atoms with Gasteiger partial charge in [-0.3, -0.25) is 0 Å². The molecule has 0 saturated carbocycles. The van der Waals surface area contributed by atoms with Crippen molar-refractivity contribution in [3.8, 4) is 0 Å². The Bertz CT molecular complexity index is 565. The van der Waals surface area contributed by atoms with Crippen molar-refractivity contribution in [3.05, 3.63) is 54.4 Å². The van der Waals surface area contributed by atoms with Crippen LogP contribution in [0.1, 0.15) is 11.7 Å². The molecule has 2 amide bonds. The molecule has 0 fully saturated rings. The topological polar surface area (TPSA) is 99.2 Å². The number of amides is 2. The Kier molecular flexibility index (Phi) is 6.13. The summed E-state index contributed by atoms with van der Waals surface area (Å²) in [5.74, 6) is 0.518. The molecule has 1 aromatic carbocycles. The Hall–Kier alpha value is -2.67. The van der Waals surface area contributed by atoms with Gasteiger partial charge in [-0.05, 0) is 11.6 Å². The number of nitrogens with one attached hydrogen (secondary N) is 3. The number of hydrogen-bond donors (Lipinski definition) is 4. The Morgan fingerprint density at radius 1 is 1.05 bits per heavy atom. The van der Waals surface area contributed by atoms with Gasteiger partial charge in [0.1, 0.15) is 0 Å². The predicted octanol–water partition coefficient (Wildman–Crippen LogP) is 0.921. The van der Waals surface area contributed by atoms with E-state index in [1.54, 1.807) is 18.5 Å². The summed E-state index contributed by atoms with van der Waals surface area (Å²) >= 11 is 0. The number of carbonyl (C=O) groups excluding carboxylic acids is 1. The standard InChI is InChI=1S/C15H19N5O2/c21-13(12-5-2-1-3-6-12)11-20-15(22)19-10-9-18-14-16-7-4-8-17-14/h1-8,13,21H,9-11H2,(H,16,17,18)(H2,19,20,22)/t13-/m0/s1. The van der Waals surface area contributed by atoms with Crippen molar-refractivity contribution in [2.45, 2.75) is 6.10 Å². The third kappa shape index (κ3) is 5.37. The quantitative estimate of drug-likeness (QED) is 0.570. The van der Waals surface area contributed by atoms with Gasteiger partial charge in [0.2, 0.25) is 5.95 Å². The Morgan fingerprint density at radius 2 is 1.77 bits per heavy atom. The van der Waals surface area contributed by atoms with E-state index >= 15 is 0 Å². The smallest absolute Gasteiger partial charge is 0.314 e. The number of nitrogens with zero attached hydrogens (tertiary/aromatic N) is 2. The molecule has 2 rings (SSSR count). The van der Waals surface area contributed by atoms with Gasteiger partial charge in [-0.1, -0.05) is 30.3 Å². The average Bonchev–Trinajstić information content (AvgIpc) is 2.58. The van der Waals surface area contributed by atoms with Crippen LogP contribution < -0.4 is 16.0 Å². The molecule has 4 N–H and O–H groups in total. The van der Waals surface area contributed by atoms with Crippen LogP contribution in [0.15, 0.2) is 48.8 Å².